The van der Waals surface area contributed by atoms with Crippen LogP contribution in [0.3, 0.4) is 0 Å². The molecule has 3 aromatic rings. The van der Waals surface area contributed by atoms with E-state index in [0.29, 0.717) is 0 Å². The molecule has 0 fully saturated rings. The zero-order chi connectivity index (χ0) is 15.6. The summed E-state index contributed by atoms with van der Waals surface area (Å²) in [5.74, 6) is 0. The topological polar surface area (TPSA) is 30.2 Å². The Balaban J connectivity index is 1.75. The molecule has 1 aromatic heterocycles. The van der Waals surface area contributed by atoms with Crippen LogP contribution in [0.2, 0.25) is 0 Å². The molecule has 2 heterocycles. The molecule has 1 aliphatic rings. The van der Waals surface area contributed by atoms with Crippen LogP contribution in [0.4, 0.5) is 0 Å². The van der Waals surface area contributed by atoms with Gasteiger partial charge in [0.15, 0.2) is 0 Å². The second-order valence-corrected chi connectivity index (χ2v) is 6.79. The first kappa shape index (κ1) is 14.3. The fraction of sp³-hybridized carbons (Fsp3) is 0.158. The maximum atomic E-state index is 5.00. The number of aryl methyl sites for hydroxylation is 1. The summed E-state index contributed by atoms with van der Waals surface area (Å²) in [6.45, 7) is 0. The first-order valence-corrected chi connectivity index (χ1v) is 8.52. The Hall–Kier alpha value is -2.33. The van der Waals surface area contributed by atoms with Crippen LogP contribution in [-0.2, 0) is 7.05 Å². The Labute approximate surface area is 140 Å². The predicted octanol–water partition coefficient (Wildman–Crippen LogP) is 4.40. The molecule has 2 atom stereocenters. The van der Waals surface area contributed by atoms with Crippen LogP contribution in [0, 0.1) is 0 Å². The maximum absolute atomic E-state index is 5.00. The van der Waals surface area contributed by atoms with Crippen molar-refractivity contribution in [3.8, 4) is 0 Å². The van der Waals surface area contributed by atoms with E-state index in [1.165, 1.54) is 11.1 Å². The van der Waals surface area contributed by atoms with Crippen LogP contribution in [0.1, 0.15) is 28.1 Å². The number of nitrogens with zero attached hydrogens (tertiary/aromatic N) is 3. The van der Waals surface area contributed by atoms with E-state index in [9.17, 15) is 0 Å². The summed E-state index contributed by atoms with van der Waals surface area (Å²) in [6.07, 6.45) is 3.85. The van der Waals surface area contributed by atoms with Crippen LogP contribution in [0.25, 0.3) is 0 Å². The van der Waals surface area contributed by atoms with Crippen molar-refractivity contribution >= 4 is 16.8 Å². The summed E-state index contributed by atoms with van der Waals surface area (Å²) in [5.41, 5.74) is 3.51. The van der Waals surface area contributed by atoms with E-state index >= 15 is 0 Å². The predicted molar refractivity (Wildman–Crippen MR) is 95.7 cm³/mol. The van der Waals surface area contributed by atoms with Crippen molar-refractivity contribution in [2.24, 2.45) is 12.0 Å². The van der Waals surface area contributed by atoms with Gasteiger partial charge in [0.05, 0.1) is 17.6 Å². The average molecular weight is 319 g/mol. The number of thioether (sulfide) groups is 1. The van der Waals surface area contributed by atoms with Gasteiger partial charge in [-0.15, -0.1) is 0 Å². The van der Waals surface area contributed by atoms with Crippen LogP contribution in [-0.4, -0.2) is 14.6 Å². The van der Waals surface area contributed by atoms with Crippen molar-refractivity contribution in [2.45, 2.75) is 11.3 Å². The van der Waals surface area contributed by atoms with E-state index in [2.05, 4.69) is 59.6 Å². The molecule has 4 heteroatoms. The number of aliphatic imine (C=N–C) groups is 1. The van der Waals surface area contributed by atoms with Gasteiger partial charge in [0, 0.05) is 13.2 Å². The molecule has 0 saturated heterocycles. The van der Waals surface area contributed by atoms with Crippen molar-refractivity contribution < 1.29 is 0 Å². The highest BCUT2D eigenvalue weighted by Crippen LogP contribution is 2.49. The lowest BCUT2D eigenvalue weighted by atomic mass is 9.99. The highest BCUT2D eigenvalue weighted by molar-refractivity contribution is 8.14. The van der Waals surface area contributed by atoms with E-state index < -0.39 is 0 Å². The average Bonchev–Trinajstić information content (AvgIpc) is 3.23. The summed E-state index contributed by atoms with van der Waals surface area (Å²) in [4.78, 5) is 9.47. The minimum atomic E-state index is 0.126. The van der Waals surface area contributed by atoms with E-state index in [1.54, 1.807) is 0 Å². The van der Waals surface area contributed by atoms with Gasteiger partial charge >= 0.3 is 0 Å². The fourth-order valence-corrected chi connectivity index (χ4v) is 4.13. The fourth-order valence-electron chi connectivity index (χ4n) is 2.85. The number of hydrogen-bond acceptors (Lipinski definition) is 3. The molecule has 23 heavy (non-hydrogen) atoms. The first-order chi connectivity index (χ1) is 11.3. The van der Waals surface area contributed by atoms with Gasteiger partial charge in [0.25, 0.3) is 0 Å². The second-order valence-electron chi connectivity index (χ2n) is 5.66. The van der Waals surface area contributed by atoms with Gasteiger partial charge < -0.3 is 4.57 Å². The first-order valence-electron chi connectivity index (χ1n) is 7.64. The second kappa shape index (κ2) is 6.05. The monoisotopic (exact) mass is 319 g/mol. The molecule has 0 bridgehead atoms. The van der Waals surface area contributed by atoms with E-state index in [4.69, 9.17) is 4.99 Å². The standard InChI is InChI=1S/C19H17N3S/c1-22-12-16(20-13-22)19-21-17(14-8-4-2-5-9-14)18(23-19)15-10-6-3-7-11-15/h2-13,17-18H,1H3. The summed E-state index contributed by atoms with van der Waals surface area (Å²) >= 11 is 1.81. The SMILES string of the molecule is Cn1cnc(C2=NC(c3ccccc3)C(c3ccccc3)S2)c1. The van der Waals surface area contributed by atoms with E-state index in [1.807, 2.05) is 42.0 Å². The molecule has 3 nitrogen and oxygen atoms in total. The highest BCUT2D eigenvalue weighted by atomic mass is 32.2. The molecule has 2 unspecified atom stereocenters. The summed E-state index contributed by atoms with van der Waals surface area (Å²) in [7, 11) is 1.99. The van der Waals surface area contributed by atoms with Gasteiger partial charge in [-0.3, -0.25) is 4.99 Å². The molecule has 0 N–H and O–H groups in total. The Bertz CT molecular complexity index is 824. The third kappa shape index (κ3) is 2.82. The Morgan fingerprint density at radius 3 is 2.17 bits per heavy atom. The molecule has 0 aliphatic carbocycles. The zero-order valence-corrected chi connectivity index (χ0v) is 13.6. The van der Waals surface area contributed by atoms with Gasteiger partial charge in [0.1, 0.15) is 10.7 Å². The minimum absolute atomic E-state index is 0.126. The largest absolute Gasteiger partial charge is 0.340 e. The zero-order valence-electron chi connectivity index (χ0n) is 12.8. The number of aromatic nitrogens is 2. The smallest absolute Gasteiger partial charge is 0.119 e. The molecule has 0 saturated carbocycles. The van der Waals surface area contributed by atoms with Gasteiger partial charge in [0.2, 0.25) is 0 Å². The van der Waals surface area contributed by atoms with Gasteiger partial charge in [-0.05, 0) is 11.1 Å². The Morgan fingerprint density at radius 2 is 1.57 bits per heavy atom. The molecule has 4 rings (SSSR count). The lowest BCUT2D eigenvalue weighted by molar-refractivity contribution is 0.724. The molecule has 1 aliphatic heterocycles. The van der Waals surface area contributed by atoms with Crippen molar-refractivity contribution in [3.63, 3.8) is 0 Å². The minimum Gasteiger partial charge on any atom is -0.340 e. The number of rotatable bonds is 3. The van der Waals surface area contributed by atoms with Crippen molar-refractivity contribution in [1.29, 1.82) is 0 Å². The molecule has 2 aromatic carbocycles. The van der Waals surface area contributed by atoms with Gasteiger partial charge in [-0.2, -0.15) is 0 Å². The van der Waals surface area contributed by atoms with Crippen molar-refractivity contribution in [2.75, 3.05) is 0 Å². The van der Waals surface area contributed by atoms with Gasteiger partial charge in [-0.1, -0.05) is 72.4 Å². The molecular formula is C19H17N3S. The summed E-state index contributed by atoms with van der Waals surface area (Å²) < 4.78 is 1.96. The number of hydrogen-bond donors (Lipinski definition) is 0. The highest BCUT2D eigenvalue weighted by Gasteiger charge is 2.33. The summed E-state index contributed by atoms with van der Waals surface area (Å²) in [5, 5.41) is 1.31. The molecular weight excluding hydrogens is 302 g/mol. The van der Waals surface area contributed by atoms with Crippen LogP contribution in [0.15, 0.2) is 78.2 Å². The Morgan fingerprint density at radius 1 is 0.913 bits per heavy atom. The molecule has 0 radical (unpaired) electrons. The number of benzene rings is 2. The third-order valence-corrected chi connectivity index (χ3v) is 5.30. The Kier molecular flexibility index (Phi) is 3.75. The van der Waals surface area contributed by atoms with Crippen LogP contribution >= 0.6 is 11.8 Å². The lowest BCUT2D eigenvalue weighted by Gasteiger charge is -2.17. The maximum Gasteiger partial charge on any atom is 0.119 e. The molecule has 0 spiro atoms. The molecule has 114 valence electrons. The normalized spacial score (nSPS) is 20.5. The van der Waals surface area contributed by atoms with Crippen molar-refractivity contribution in [1.82, 2.24) is 9.55 Å². The van der Waals surface area contributed by atoms with Gasteiger partial charge in [-0.25, -0.2) is 4.98 Å². The molecule has 0 amide bonds. The number of imidazole rings is 1. The van der Waals surface area contributed by atoms with Crippen molar-refractivity contribution in [3.05, 3.63) is 90.0 Å². The lowest BCUT2D eigenvalue weighted by Crippen LogP contribution is -2.02. The quantitative estimate of drug-likeness (QED) is 0.716. The van der Waals surface area contributed by atoms with E-state index in [-0.39, 0.29) is 11.3 Å². The van der Waals surface area contributed by atoms with Crippen LogP contribution in [0.5, 0.6) is 0 Å². The third-order valence-electron chi connectivity index (χ3n) is 3.97. The summed E-state index contributed by atoms with van der Waals surface area (Å²) in [6, 6.07) is 21.3. The van der Waals surface area contributed by atoms with Crippen LogP contribution < -0.4 is 0 Å². The van der Waals surface area contributed by atoms with E-state index in [0.717, 1.165) is 10.7 Å².